The first-order valence-electron chi connectivity index (χ1n) is 5.95. The molecular formula is C15H16O2. The van der Waals surface area contributed by atoms with Gasteiger partial charge in [-0.2, -0.15) is 0 Å². The molecule has 88 valence electrons. The molecule has 1 aromatic rings. The molecule has 0 saturated carbocycles. The summed E-state index contributed by atoms with van der Waals surface area (Å²) >= 11 is 0. The Balaban J connectivity index is 2.39. The van der Waals surface area contributed by atoms with Crippen LogP contribution in [0.15, 0.2) is 48.1 Å². The predicted molar refractivity (Wildman–Crippen MR) is 68.4 cm³/mol. The first-order valence-corrected chi connectivity index (χ1v) is 5.95. The molecule has 0 spiro atoms. The van der Waals surface area contributed by atoms with Crippen molar-refractivity contribution in [3.05, 3.63) is 53.6 Å². The largest absolute Gasteiger partial charge is 0.463 e. The molecule has 2 nitrogen and oxygen atoms in total. The highest BCUT2D eigenvalue weighted by Gasteiger charge is 2.17. The molecule has 1 aromatic carbocycles. The molecular weight excluding hydrogens is 212 g/mol. The van der Waals surface area contributed by atoms with E-state index in [1.54, 1.807) is 0 Å². The van der Waals surface area contributed by atoms with Crippen molar-refractivity contribution >= 4 is 11.5 Å². The Morgan fingerprint density at radius 2 is 2.06 bits per heavy atom. The minimum atomic E-state index is -0.185. The third kappa shape index (κ3) is 2.64. The van der Waals surface area contributed by atoms with Crippen LogP contribution in [0.1, 0.15) is 25.3 Å². The van der Waals surface area contributed by atoms with Crippen LogP contribution in [-0.4, -0.2) is 12.6 Å². The Bertz CT molecular complexity index is 455. The zero-order chi connectivity index (χ0) is 12.1. The molecule has 0 radical (unpaired) electrons. The summed E-state index contributed by atoms with van der Waals surface area (Å²) in [5.74, 6) is -0.185. The number of allylic oxidation sites excluding steroid dienone is 3. The monoisotopic (exact) mass is 228 g/mol. The second kappa shape index (κ2) is 5.48. The summed E-state index contributed by atoms with van der Waals surface area (Å²) in [6.07, 6.45) is 5.79. The fourth-order valence-corrected chi connectivity index (χ4v) is 1.98. The van der Waals surface area contributed by atoms with Gasteiger partial charge in [-0.05, 0) is 30.9 Å². The van der Waals surface area contributed by atoms with Crippen LogP contribution in [0.2, 0.25) is 0 Å². The normalized spacial score (nSPS) is 14.9. The molecule has 2 heteroatoms. The topological polar surface area (TPSA) is 26.3 Å². The Hall–Kier alpha value is -1.83. The summed E-state index contributed by atoms with van der Waals surface area (Å²) in [5.41, 5.74) is 2.86. The number of hydrogen-bond donors (Lipinski definition) is 0. The van der Waals surface area contributed by atoms with Gasteiger partial charge in [0.1, 0.15) is 0 Å². The second-order valence-corrected chi connectivity index (χ2v) is 3.92. The number of hydrogen-bond acceptors (Lipinski definition) is 2. The van der Waals surface area contributed by atoms with Crippen molar-refractivity contribution in [3.63, 3.8) is 0 Å². The van der Waals surface area contributed by atoms with Gasteiger partial charge in [-0.15, -0.1) is 0 Å². The summed E-state index contributed by atoms with van der Waals surface area (Å²) in [6.45, 7) is 2.26. The van der Waals surface area contributed by atoms with E-state index in [0.717, 1.165) is 29.6 Å². The molecule has 17 heavy (non-hydrogen) atoms. The van der Waals surface area contributed by atoms with Gasteiger partial charge in [0, 0.05) is 5.57 Å². The van der Waals surface area contributed by atoms with Crippen LogP contribution in [0.25, 0.3) is 5.57 Å². The maximum atomic E-state index is 11.9. The Kier molecular flexibility index (Phi) is 3.76. The summed E-state index contributed by atoms with van der Waals surface area (Å²) in [7, 11) is 0. The van der Waals surface area contributed by atoms with Gasteiger partial charge in [-0.3, -0.25) is 0 Å². The molecule has 2 rings (SSSR count). The van der Waals surface area contributed by atoms with Crippen LogP contribution in [0.5, 0.6) is 0 Å². The van der Waals surface area contributed by atoms with Crippen molar-refractivity contribution < 1.29 is 9.53 Å². The van der Waals surface area contributed by atoms with E-state index >= 15 is 0 Å². The average molecular weight is 228 g/mol. The lowest BCUT2D eigenvalue weighted by molar-refractivity contribution is -0.138. The predicted octanol–water partition coefficient (Wildman–Crippen LogP) is 3.35. The molecule has 0 saturated heterocycles. The zero-order valence-corrected chi connectivity index (χ0v) is 9.98. The number of carbonyl (C=O) groups is 1. The van der Waals surface area contributed by atoms with E-state index in [-0.39, 0.29) is 5.97 Å². The first kappa shape index (κ1) is 11.6. The third-order valence-corrected chi connectivity index (χ3v) is 2.78. The lowest BCUT2D eigenvalue weighted by Crippen LogP contribution is -2.11. The summed E-state index contributed by atoms with van der Waals surface area (Å²) < 4.78 is 5.10. The van der Waals surface area contributed by atoms with Crippen molar-refractivity contribution in [1.82, 2.24) is 0 Å². The number of benzene rings is 1. The maximum absolute atomic E-state index is 11.9. The number of esters is 1. The van der Waals surface area contributed by atoms with E-state index < -0.39 is 0 Å². The van der Waals surface area contributed by atoms with Gasteiger partial charge in [0.05, 0.1) is 6.61 Å². The minimum absolute atomic E-state index is 0.185. The fraction of sp³-hybridized carbons (Fsp3) is 0.267. The first-order chi connectivity index (χ1) is 8.33. The number of carbonyl (C=O) groups excluding carboxylic acids is 1. The minimum Gasteiger partial charge on any atom is -0.463 e. The van der Waals surface area contributed by atoms with Gasteiger partial charge < -0.3 is 4.74 Å². The Labute approximate surface area is 102 Å². The van der Waals surface area contributed by atoms with Crippen molar-refractivity contribution in [2.45, 2.75) is 19.8 Å². The van der Waals surface area contributed by atoms with Crippen molar-refractivity contribution in [3.8, 4) is 0 Å². The molecule has 0 bridgehead atoms. The van der Waals surface area contributed by atoms with E-state index in [2.05, 4.69) is 6.08 Å². The molecule has 0 unspecified atom stereocenters. The van der Waals surface area contributed by atoms with Gasteiger partial charge >= 0.3 is 5.97 Å². The van der Waals surface area contributed by atoms with Crippen molar-refractivity contribution in [2.75, 3.05) is 6.61 Å². The third-order valence-electron chi connectivity index (χ3n) is 2.78. The lowest BCUT2D eigenvalue weighted by Gasteiger charge is -2.15. The standard InChI is InChI=1S/C15H16O2/c1-2-17-15(16)14-11-7-6-10-13(14)12-8-4-3-5-9-12/h3-6,8-10H,2,7,11H2,1H3. The van der Waals surface area contributed by atoms with E-state index in [4.69, 9.17) is 4.74 Å². The molecule has 0 atom stereocenters. The molecule has 0 N–H and O–H groups in total. The summed E-state index contributed by atoms with van der Waals surface area (Å²) in [5, 5.41) is 0. The summed E-state index contributed by atoms with van der Waals surface area (Å²) in [4.78, 5) is 11.9. The molecule has 0 aromatic heterocycles. The number of rotatable bonds is 3. The number of ether oxygens (including phenoxy) is 1. The van der Waals surface area contributed by atoms with Gasteiger partial charge in [0.15, 0.2) is 0 Å². The SMILES string of the molecule is CCOC(=O)C1=C(c2ccccc2)C=CCC1. The van der Waals surface area contributed by atoms with Crippen molar-refractivity contribution in [1.29, 1.82) is 0 Å². The van der Waals surface area contributed by atoms with Crippen LogP contribution in [0, 0.1) is 0 Å². The van der Waals surface area contributed by atoms with Gasteiger partial charge in [0.2, 0.25) is 0 Å². The molecule has 0 amide bonds. The van der Waals surface area contributed by atoms with Crippen LogP contribution < -0.4 is 0 Å². The van der Waals surface area contributed by atoms with Crippen LogP contribution >= 0.6 is 0 Å². The van der Waals surface area contributed by atoms with Gasteiger partial charge in [-0.25, -0.2) is 4.79 Å². The highest BCUT2D eigenvalue weighted by Crippen LogP contribution is 2.28. The van der Waals surface area contributed by atoms with E-state index in [9.17, 15) is 4.79 Å². The van der Waals surface area contributed by atoms with Gasteiger partial charge in [0.25, 0.3) is 0 Å². The van der Waals surface area contributed by atoms with E-state index in [1.807, 2.05) is 43.3 Å². The van der Waals surface area contributed by atoms with Crippen molar-refractivity contribution in [2.24, 2.45) is 0 Å². The smallest absolute Gasteiger partial charge is 0.334 e. The van der Waals surface area contributed by atoms with Crippen LogP contribution in [0.4, 0.5) is 0 Å². The van der Waals surface area contributed by atoms with Gasteiger partial charge in [-0.1, -0.05) is 42.5 Å². The van der Waals surface area contributed by atoms with E-state index in [0.29, 0.717) is 6.61 Å². The highest BCUT2D eigenvalue weighted by atomic mass is 16.5. The Morgan fingerprint density at radius 1 is 1.29 bits per heavy atom. The summed E-state index contributed by atoms with van der Waals surface area (Å²) in [6, 6.07) is 9.97. The fourth-order valence-electron chi connectivity index (χ4n) is 1.98. The van der Waals surface area contributed by atoms with E-state index in [1.165, 1.54) is 0 Å². The average Bonchev–Trinajstić information content (AvgIpc) is 2.40. The molecule has 1 aliphatic carbocycles. The lowest BCUT2D eigenvalue weighted by atomic mass is 9.92. The van der Waals surface area contributed by atoms with Crippen LogP contribution in [-0.2, 0) is 9.53 Å². The molecule has 0 fully saturated rings. The quantitative estimate of drug-likeness (QED) is 0.741. The molecule has 0 heterocycles. The molecule has 0 aliphatic heterocycles. The molecule has 1 aliphatic rings. The highest BCUT2D eigenvalue weighted by molar-refractivity contribution is 6.00. The second-order valence-electron chi connectivity index (χ2n) is 3.92. The van der Waals surface area contributed by atoms with Crippen LogP contribution in [0.3, 0.4) is 0 Å². The maximum Gasteiger partial charge on any atom is 0.334 e. The Morgan fingerprint density at radius 3 is 2.76 bits per heavy atom. The zero-order valence-electron chi connectivity index (χ0n) is 9.98.